The molecule has 0 aliphatic carbocycles. The topological polar surface area (TPSA) is 41.8 Å². The van der Waals surface area contributed by atoms with E-state index in [9.17, 15) is 5.11 Å². The Kier molecular flexibility index (Phi) is 7.46. The van der Waals surface area contributed by atoms with Crippen LogP contribution in [-0.2, 0) is 4.43 Å². The van der Waals surface area contributed by atoms with E-state index < -0.39 is 8.32 Å². The van der Waals surface area contributed by atoms with Crippen molar-refractivity contribution in [2.75, 3.05) is 13.2 Å². The summed E-state index contributed by atoms with van der Waals surface area (Å²) in [7, 11) is -1.63. The molecule has 0 fully saturated rings. The molecule has 0 aliphatic rings. The molecule has 0 bridgehead atoms. The second-order valence-corrected chi connectivity index (χ2v) is 12.0. The molecule has 0 radical (unpaired) electrons. The van der Waals surface area contributed by atoms with Crippen LogP contribution in [0.3, 0.4) is 0 Å². The molecule has 0 saturated carbocycles. The van der Waals surface area contributed by atoms with Gasteiger partial charge in [0.15, 0.2) is 8.32 Å². The van der Waals surface area contributed by atoms with E-state index in [-0.39, 0.29) is 17.7 Å². The van der Waals surface area contributed by atoms with Gasteiger partial charge >= 0.3 is 0 Å². The minimum atomic E-state index is -1.63. The Balaban J connectivity index is 2.35. The Labute approximate surface area is 136 Å². The molecule has 1 aromatic rings. The van der Waals surface area contributed by atoms with E-state index in [1.165, 1.54) is 0 Å². The predicted octanol–water partition coefficient (Wildman–Crippen LogP) is 4.59. The van der Waals surface area contributed by atoms with Crippen LogP contribution in [0.15, 0.2) is 35.3 Å². The van der Waals surface area contributed by atoms with Crippen molar-refractivity contribution in [2.24, 2.45) is 4.99 Å². The maximum Gasteiger partial charge on any atom is 0.191 e. The second-order valence-electron chi connectivity index (χ2n) is 7.19. The molecule has 4 heteroatoms. The average molecular weight is 322 g/mol. The van der Waals surface area contributed by atoms with Crippen molar-refractivity contribution in [3.8, 4) is 0 Å². The van der Waals surface area contributed by atoms with Crippen molar-refractivity contribution in [3.05, 3.63) is 35.9 Å². The highest BCUT2D eigenvalue weighted by molar-refractivity contribution is 6.74. The zero-order chi connectivity index (χ0) is 16.6. The molecule has 0 aromatic heterocycles. The van der Waals surface area contributed by atoms with Crippen LogP contribution >= 0.6 is 0 Å². The van der Waals surface area contributed by atoms with Gasteiger partial charge in [0.1, 0.15) is 0 Å². The lowest BCUT2D eigenvalue weighted by Gasteiger charge is -2.36. The van der Waals surface area contributed by atoms with Crippen molar-refractivity contribution in [3.63, 3.8) is 0 Å². The van der Waals surface area contributed by atoms with E-state index in [2.05, 4.69) is 38.9 Å². The van der Waals surface area contributed by atoms with Gasteiger partial charge in [0.2, 0.25) is 0 Å². The minimum Gasteiger partial charge on any atom is -0.417 e. The Bertz CT molecular complexity index is 452. The van der Waals surface area contributed by atoms with E-state index in [4.69, 9.17) is 4.43 Å². The lowest BCUT2D eigenvalue weighted by atomic mass is 10.1. The number of aliphatic hydroxyl groups excluding tert-OH is 1. The van der Waals surface area contributed by atoms with Crippen LogP contribution in [0.25, 0.3) is 0 Å². The van der Waals surface area contributed by atoms with Crippen LogP contribution in [0.5, 0.6) is 0 Å². The zero-order valence-corrected chi connectivity index (χ0v) is 15.7. The first-order valence-electron chi connectivity index (χ1n) is 8.09. The molecule has 0 aliphatic heterocycles. The second kappa shape index (κ2) is 8.60. The smallest absolute Gasteiger partial charge is 0.191 e. The van der Waals surface area contributed by atoms with E-state index in [1.54, 1.807) is 0 Å². The number of nitrogens with zero attached hydrogens (tertiary/aromatic N) is 1. The summed E-state index contributed by atoms with van der Waals surface area (Å²) in [5.74, 6) is 0. The molecule has 0 unspecified atom stereocenters. The standard InChI is InChI=1S/C18H31NO2Si/c1-18(2,3)22(4,5)21-14-10-9-13-19-17(15-20)16-11-7-6-8-12-16/h6-8,11-13,17,20H,9-10,14-15H2,1-5H3/t17-/m0/s1. The molecule has 0 heterocycles. The number of hydrogen-bond acceptors (Lipinski definition) is 3. The molecule has 0 spiro atoms. The molecule has 1 atom stereocenters. The summed E-state index contributed by atoms with van der Waals surface area (Å²) < 4.78 is 6.14. The number of aliphatic imine (C=N–C) groups is 1. The third kappa shape index (κ3) is 6.03. The summed E-state index contributed by atoms with van der Waals surface area (Å²) in [6.45, 7) is 12.2. The molecule has 3 nitrogen and oxygen atoms in total. The van der Waals surface area contributed by atoms with Crippen molar-refractivity contribution < 1.29 is 9.53 Å². The lowest BCUT2D eigenvalue weighted by Crippen LogP contribution is -2.40. The van der Waals surface area contributed by atoms with Crippen LogP contribution in [0.2, 0.25) is 18.1 Å². The molecule has 1 rings (SSSR count). The normalized spacial score (nSPS) is 14.5. The van der Waals surface area contributed by atoms with Crippen molar-refractivity contribution in [1.82, 2.24) is 0 Å². The van der Waals surface area contributed by atoms with Crippen molar-refractivity contribution in [1.29, 1.82) is 0 Å². The third-order valence-electron chi connectivity index (χ3n) is 4.39. The van der Waals surface area contributed by atoms with E-state index >= 15 is 0 Å². The fraction of sp³-hybridized carbons (Fsp3) is 0.611. The van der Waals surface area contributed by atoms with Gasteiger partial charge in [0.05, 0.1) is 12.6 Å². The summed E-state index contributed by atoms with van der Waals surface area (Å²) >= 11 is 0. The van der Waals surface area contributed by atoms with Gasteiger partial charge in [0, 0.05) is 6.61 Å². The Morgan fingerprint density at radius 3 is 2.41 bits per heavy atom. The lowest BCUT2D eigenvalue weighted by molar-refractivity contribution is 0.268. The van der Waals surface area contributed by atoms with Gasteiger partial charge in [-0.05, 0) is 42.8 Å². The molecule has 1 aromatic carbocycles. The predicted molar refractivity (Wildman–Crippen MR) is 97.1 cm³/mol. The van der Waals surface area contributed by atoms with E-state index in [0.29, 0.717) is 0 Å². The van der Waals surface area contributed by atoms with Crippen molar-refractivity contribution in [2.45, 2.75) is 57.8 Å². The van der Waals surface area contributed by atoms with Gasteiger partial charge in [-0.15, -0.1) is 0 Å². The van der Waals surface area contributed by atoms with Crippen LogP contribution < -0.4 is 0 Å². The summed E-state index contributed by atoms with van der Waals surface area (Å²) in [4.78, 5) is 4.48. The minimum absolute atomic E-state index is 0.0426. The van der Waals surface area contributed by atoms with E-state index in [0.717, 1.165) is 25.0 Å². The fourth-order valence-corrected chi connectivity index (χ4v) is 2.92. The monoisotopic (exact) mass is 321 g/mol. The van der Waals surface area contributed by atoms with Gasteiger partial charge in [-0.2, -0.15) is 0 Å². The maximum atomic E-state index is 9.45. The van der Waals surface area contributed by atoms with Gasteiger partial charge in [-0.3, -0.25) is 4.99 Å². The number of benzene rings is 1. The molecule has 124 valence electrons. The Morgan fingerprint density at radius 1 is 1.23 bits per heavy atom. The first-order valence-corrected chi connectivity index (χ1v) is 11.0. The molecule has 1 N–H and O–H groups in total. The third-order valence-corrected chi connectivity index (χ3v) is 8.93. The van der Waals surface area contributed by atoms with Crippen LogP contribution in [0.4, 0.5) is 0 Å². The highest BCUT2D eigenvalue weighted by atomic mass is 28.4. The van der Waals surface area contributed by atoms with Crippen molar-refractivity contribution >= 4 is 14.5 Å². The van der Waals surface area contributed by atoms with Crippen LogP contribution in [0, 0.1) is 0 Å². The summed E-state index contributed by atoms with van der Waals surface area (Å²) in [5.41, 5.74) is 1.05. The number of aliphatic hydroxyl groups is 1. The largest absolute Gasteiger partial charge is 0.417 e. The van der Waals surface area contributed by atoms with Crippen LogP contribution in [-0.4, -0.2) is 32.9 Å². The molecule has 0 amide bonds. The summed E-state index contributed by atoms with van der Waals surface area (Å²) in [6, 6.07) is 9.76. The fourth-order valence-electron chi connectivity index (χ4n) is 1.83. The summed E-state index contributed by atoms with van der Waals surface area (Å²) in [5, 5.41) is 9.71. The average Bonchev–Trinajstić information content (AvgIpc) is 2.46. The SMILES string of the molecule is CC(C)(C)[Si](C)(C)OCCCC=N[C@@H](CO)c1ccccc1. The highest BCUT2D eigenvalue weighted by Gasteiger charge is 2.36. The van der Waals surface area contributed by atoms with E-state index in [1.807, 2.05) is 36.5 Å². The number of hydrogen-bond donors (Lipinski definition) is 1. The molecule has 0 saturated heterocycles. The first-order chi connectivity index (χ1) is 10.3. The quantitative estimate of drug-likeness (QED) is 0.432. The zero-order valence-electron chi connectivity index (χ0n) is 14.7. The molecular weight excluding hydrogens is 290 g/mol. The summed E-state index contributed by atoms with van der Waals surface area (Å²) in [6.07, 6.45) is 3.78. The molecule has 22 heavy (non-hydrogen) atoms. The Hall–Kier alpha value is -0.973. The van der Waals surface area contributed by atoms with Gasteiger partial charge < -0.3 is 9.53 Å². The number of rotatable bonds is 8. The highest BCUT2D eigenvalue weighted by Crippen LogP contribution is 2.36. The van der Waals surface area contributed by atoms with Gasteiger partial charge in [-0.1, -0.05) is 51.1 Å². The van der Waals surface area contributed by atoms with Gasteiger partial charge in [0.25, 0.3) is 0 Å². The van der Waals surface area contributed by atoms with Gasteiger partial charge in [-0.25, -0.2) is 0 Å². The first kappa shape index (κ1) is 19.1. The maximum absolute atomic E-state index is 9.45. The number of unbranched alkanes of at least 4 members (excludes halogenated alkanes) is 1. The Morgan fingerprint density at radius 2 is 1.86 bits per heavy atom. The van der Waals surface area contributed by atoms with Crippen LogP contribution in [0.1, 0.15) is 45.2 Å². The molecular formula is C18H31NO2Si.